The van der Waals surface area contributed by atoms with E-state index in [-0.39, 0.29) is 0 Å². The van der Waals surface area contributed by atoms with E-state index in [1.807, 2.05) is 18.2 Å². The van der Waals surface area contributed by atoms with Crippen molar-refractivity contribution < 1.29 is 0 Å². The molecule has 0 N–H and O–H groups in total. The maximum absolute atomic E-state index is 3.75. The second kappa shape index (κ2) is 7.13. The van der Waals surface area contributed by atoms with Gasteiger partial charge in [0.05, 0.1) is 0 Å². The number of hydrogen-bond donors (Lipinski definition) is 0. The summed E-state index contributed by atoms with van der Waals surface area (Å²) < 4.78 is 3.83. The Balaban J connectivity index is 3.58. The molecule has 56 valence electrons. The first-order chi connectivity index (χ1) is 4.85. The molecule has 0 amide bonds. The van der Waals surface area contributed by atoms with Crippen molar-refractivity contribution in [3.63, 3.8) is 0 Å². The summed E-state index contributed by atoms with van der Waals surface area (Å²) in [4.78, 5) is 0. The van der Waals surface area contributed by atoms with E-state index in [4.69, 9.17) is 0 Å². The normalized spacial score (nSPS) is 9.30. The van der Waals surface area contributed by atoms with Crippen molar-refractivity contribution in [3.8, 4) is 0 Å². The molecule has 0 spiro atoms. The van der Waals surface area contributed by atoms with Crippen molar-refractivity contribution in [2.45, 2.75) is 13.3 Å². The van der Waals surface area contributed by atoms with Gasteiger partial charge in [0, 0.05) is 0 Å². The molecule has 0 aliphatic carbocycles. The van der Waals surface area contributed by atoms with Crippen LogP contribution in [0.2, 0.25) is 13.3 Å². The fourth-order valence-corrected chi connectivity index (χ4v) is 6.68. The van der Waals surface area contributed by atoms with E-state index in [1.165, 1.54) is 13.3 Å². The summed E-state index contributed by atoms with van der Waals surface area (Å²) >= 11 is -1.23. The predicted octanol–water partition coefficient (Wildman–Crippen LogP) is 2.77. The van der Waals surface area contributed by atoms with Gasteiger partial charge in [0.15, 0.2) is 0 Å². The Morgan fingerprint density at radius 2 is 1.10 bits per heavy atom. The molecule has 0 rings (SSSR count). The van der Waals surface area contributed by atoms with Gasteiger partial charge in [-0.15, -0.1) is 0 Å². The van der Waals surface area contributed by atoms with Gasteiger partial charge in [-0.05, 0) is 0 Å². The summed E-state index contributed by atoms with van der Waals surface area (Å²) in [6.45, 7) is 11.2. The zero-order chi connectivity index (χ0) is 7.82. The molecule has 0 bridgehead atoms. The number of hydrogen-bond acceptors (Lipinski definition) is 0. The van der Waals surface area contributed by atoms with Crippen LogP contribution in [0.4, 0.5) is 0 Å². The van der Waals surface area contributed by atoms with Gasteiger partial charge in [-0.3, -0.25) is 0 Å². The molecule has 0 aromatic carbocycles. The fraction of sp³-hybridized carbons (Fsp3) is 0.333. The van der Waals surface area contributed by atoms with Crippen LogP contribution in [0.15, 0.2) is 38.0 Å². The molecule has 0 radical (unpaired) electrons. The molecule has 0 saturated carbocycles. The molecule has 0 nitrogen and oxygen atoms in total. The monoisotopic (exact) mass is 244 g/mol. The van der Waals surface area contributed by atoms with Crippen LogP contribution in [-0.2, 0) is 0 Å². The summed E-state index contributed by atoms with van der Waals surface area (Å²) in [5.74, 6) is 0. The second-order valence-electron chi connectivity index (χ2n) is 2.44. The van der Waals surface area contributed by atoms with Gasteiger partial charge in [0.25, 0.3) is 0 Å². The van der Waals surface area contributed by atoms with E-state index < -0.39 is 19.8 Å². The first-order valence-electron chi connectivity index (χ1n) is 3.67. The fourth-order valence-electron chi connectivity index (χ4n) is 0.996. The van der Waals surface area contributed by atoms with Gasteiger partial charge in [0.1, 0.15) is 0 Å². The molecule has 10 heavy (non-hydrogen) atoms. The summed E-state index contributed by atoms with van der Waals surface area (Å²) in [7, 11) is 0. The molecule has 0 aromatic rings. The van der Waals surface area contributed by atoms with Crippen molar-refractivity contribution in [2.24, 2.45) is 0 Å². The van der Waals surface area contributed by atoms with Crippen LogP contribution in [0, 0.1) is 0 Å². The van der Waals surface area contributed by atoms with Crippen molar-refractivity contribution >= 4 is 19.8 Å². The van der Waals surface area contributed by atoms with E-state index in [0.717, 1.165) is 0 Å². The third-order valence-electron chi connectivity index (χ3n) is 1.50. The van der Waals surface area contributed by atoms with Crippen LogP contribution < -0.4 is 0 Å². The molecular weight excluding hydrogens is 227 g/mol. The van der Waals surface area contributed by atoms with Gasteiger partial charge in [-0.25, -0.2) is 0 Å². The second-order valence-corrected chi connectivity index (χ2v) is 11.4. The van der Waals surface area contributed by atoms with E-state index in [2.05, 4.69) is 19.7 Å². The van der Waals surface area contributed by atoms with Crippen LogP contribution in [0.5, 0.6) is 0 Å². The molecule has 0 aliphatic rings. The van der Waals surface area contributed by atoms with Gasteiger partial charge in [-0.2, -0.15) is 0 Å². The zero-order valence-corrected chi connectivity index (χ0v) is 9.85. The topological polar surface area (TPSA) is 0 Å². The first-order valence-corrected chi connectivity index (χ1v) is 10.7. The van der Waals surface area contributed by atoms with E-state index in [1.54, 1.807) is 0 Å². The van der Waals surface area contributed by atoms with Crippen molar-refractivity contribution in [1.29, 1.82) is 0 Å². The zero-order valence-electron chi connectivity index (χ0n) is 6.55. The molecule has 0 heterocycles. The molecule has 1 heteroatoms. The average molecular weight is 243 g/mol. The summed E-state index contributed by atoms with van der Waals surface area (Å²) in [5, 5.41) is 0. The van der Waals surface area contributed by atoms with Crippen molar-refractivity contribution in [2.75, 3.05) is 0 Å². The molecule has 0 atom stereocenters. The Morgan fingerprint density at radius 1 is 0.800 bits per heavy atom. The summed E-state index contributed by atoms with van der Waals surface area (Å²) in [6.07, 6.45) is 6.15. The maximum atomic E-state index is 3.75. The molecular formula is C9H16Sn. The quantitative estimate of drug-likeness (QED) is 0.497. The third kappa shape index (κ3) is 4.86. The standard InChI is InChI=1S/3C3H5.Sn.H/c3*1-3-2;;/h3*3H,1-2H2;;. The van der Waals surface area contributed by atoms with Crippen LogP contribution in [0.25, 0.3) is 0 Å². The van der Waals surface area contributed by atoms with Gasteiger partial charge in [0.2, 0.25) is 0 Å². The van der Waals surface area contributed by atoms with Gasteiger partial charge >= 0.3 is 71.0 Å². The molecule has 0 fully saturated rings. The van der Waals surface area contributed by atoms with Crippen LogP contribution in [0.3, 0.4) is 0 Å². The molecule has 0 aromatic heterocycles. The third-order valence-corrected chi connectivity index (χ3v) is 10.1. The molecule has 0 saturated heterocycles. The van der Waals surface area contributed by atoms with E-state index >= 15 is 0 Å². The Morgan fingerprint density at radius 3 is 1.30 bits per heavy atom. The minimum absolute atomic E-state index is 1.23. The Kier molecular flexibility index (Phi) is 7.14. The summed E-state index contributed by atoms with van der Waals surface area (Å²) in [6, 6.07) is 0. The summed E-state index contributed by atoms with van der Waals surface area (Å²) in [5.41, 5.74) is 0. The van der Waals surface area contributed by atoms with Crippen molar-refractivity contribution in [1.82, 2.24) is 0 Å². The molecule has 0 aliphatic heterocycles. The Bertz CT molecular complexity index is 92.1. The van der Waals surface area contributed by atoms with Crippen molar-refractivity contribution in [3.05, 3.63) is 38.0 Å². The predicted molar refractivity (Wildman–Crippen MR) is 52.2 cm³/mol. The Hall–Kier alpha value is 0.0187. The number of rotatable bonds is 6. The Labute approximate surface area is 71.1 Å². The van der Waals surface area contributed by atoms with Gasteiger partial charge < -0.3 is 0 Å². The number of allylic oxidation sites excluding steroid dienone is 3. The van der Waals surface area contributed by atoms with Crippen LogP contribution in [-0.4, -0.2) is 19.8 Å². The van der Waals surface area contributed by atoms with E-state index in [9.17, 15) is 0 Å². The van der Waals surface area contributed by atoms with Crippen LogP contribution >= 0.6 is 0 Å². The SMILES string of the molecule is C=C[CH2][SnH]([CH2]C=C)[CH2]C=C. The van der Waals surface area contributed by atoms with E-state index in [0.29, 0.717) is 0 Å². The average Bonchev–Trinajstić information content (AvgIpc) is 1.90. The van der Waals surface area contributed by atoms with Crippen LogP contribution in [0.1, 0.15) is 0 Å². The van der Waals surface area contributed by atoms with Gasteiger partial charge in [-0.1, -0.05) is 0 Å². The first kappa shape index (κ1) is 10.0. The molecule has 0 unspecified atom stereocenters. The minimum atomic E-state index is -1.23.